The van der Waals surface area contributed by atoms with Crippen molar-refractivity contribution in [1.82, 2.24) is 10.2 Å². The third-order valence-electron chi connectivity index (χ3n) is 2.15. The van der Waals surface area contributed by atoms with Crippen molar-refractivity contribution in [3.8, 4) is 6.07 Å². The van der Waals surface area contributed by atoms with E-state index in [0.29, 0.717) is 37.8 Å². The van der Waals surface area contributed by atoms with Gasteiger partial charge in [0.25, 0.3) is 0 Å². The average molecular weight is 259 g/mol. The molecule has 0 fully saturated rings. The van der Waals surface area contributed by atoms with E-state index in [2.05, 4.69) is 11.4 Å². The first-order valence-corrected chi connectivity index (χ1v) is 6.04. The standard InChI is InChI=1S/C11H21N3O2S/c1-15-9-4-6-13-11(17)14(7-3-5-12)8-10-16-2/h3-4,6-10H2,1-2H3,(H,13,17). The van der Waals surface area contributed by atoms with Gasteiger partial charge >= 0.3 is 0 Å². The molecule has 1 N–H and O–H groups in total. The van der Waals surface area contributed by atoms with Crippen molar-refractivity contribution in [3.63, 3.8) is 0 Å². The van der Waals surface area contributed by atoms with E-state index in [-0.39, 0.29) is 0 Å². The molecule has 0 saturated carbocycles. The van der Waals surface area contributed by atoms with Crippen LogP contribution in [-0.4, -0.2) is 57.1 Å². The molecule has 0 aromatic rings. The minimum atomic E-state index is 0.462. The molecule has 0 rings (SSSR count). The Bertz CT molecular complexity index is 243. The molecule has 0 saturated heterocycles. The second-order valence-electron chi connectivity index (χ2n) is 3.47. The van der Waals surface area contributed by atoms with Gasteiger partial charge in [-0.2, -0.15) is 5.26 Å². The Morgan fingerprint density at radius 1 is 1.29 bits per heavy atom. The normalized spacial score (nSPS) is 9.71. The Labute approximate surface area is 109 Å². The van der Waals surface area contributed by atoms with Crippen LogP contribution in [0.2, 0.25) is 0 Å². The van der Waals surface area contributed by atoms with Crippen LogP contribution in [0.1, 0.15) is 12.8 Å². The molecule has 0 amide bonds. The van der Waals surface area contributed by atoms with Crippen LogP contribution >= 0.6 is 12.2 Å². The van der Waals surface area contributed by atoms with Crippen molar-refractivity contribution in [2.75, 3.05) is 47.1 Å². The summed E-state index contributed by atoms with van der Waals surface area (Å²) in [6.07, 6.45) is 1.37. The SMILES string of the molecule is COCCCNC(=S)N(CCC#N)CCOC. The maximum absolute atomic E-state index is 8.58. The lowest BCUT2D eigenvalue weighted by atomic mass is 10.4. The first kappa shape index (κ1) is 16.1. The van der Waals surface area contributed by atoms with Gasteiger partial charge in [0.2, 0.25) is 0 Å². The van der Waals surface area contributed by atoms with E-state index in [4.69, 9.17) is 27.0 Å². The van der Waals surface area contributed by atoms with Gasteiger partial charge < -0.3 is 19.7 Å². The molecular formula is C11H21N3O2S. The maximum Gasteiger partial charge on any atom is 0.169 e. The maximum atomic E-state index is 8.58. The van der Waals surface area contributed by atoms with Gasteiger partial charge in [0, 0.05) is 40.5 Å². The predicted molar refractivity (Wildman–Crippen MR) is 70.8 cm³/mol. The van der Waals surface area contributed by atoms with Crippen LogP contribution in [-0.2, 0) is 9.47 Å². The molecule has 5 nitrogen and oxygen atoms in total. The van der Waals surface area contributed by atoms with Gasteiger partial charge in [-0.15, -0.1) is 0 Å². The quantitative estimate of drug-likeness (QED) is 0.487. The summed E-state index contributed by atoms with van der Waals surface area (Å²) in [4.78, 5) is 1.95. The van der Waals surface area contributed by atoms with Crippen LogP contribution in [0.4, 0.5) is 0 Å². The second kappa shape index (κ2) is 11.6. The van der Waals surface area contributed by atoms with Crippen molar-refractivity contribution in [2.24, 2.45) is 0 Å². The van der Waals surface area contributed by atoms with Crippen LogP contribution in [0.25, 0.3) is 0 Å². The van der Waals surface area contributed by atoms with Crippen molar-refractivity contribution in [1.29, 1.82) is 5.26 Å². The number of rotatable bonds is 9. The van der Waals surface area contributed by atoms with Gasteiger partial charge in [0.05, 0.1) is 19.1 Å². The lowest BCUT2D eigenvalue weighted by molar-refractivity contribution is 0.175. The molecule has 0 aliphatic carbocycles. The highest BCUT2D eigenvalue weighted by atomic mass is 32.1. The van der Waals surface area contributed by atoms with Crippen LogP contribution in [0.5, 0.6) is 0 Å². The fourth-order valence-corrected chi connectivity index (χ4v) is 1.51. The number of methoxy groups -OCH3 is 2. The highest BCUT2D eigenvalue weighted by Gasteiger charge is 2.08. The lowest BCUT2D eigenvalue weighted by Gasteiger charge is -2.24. The number of ether oxygens (including phenoxy) is 2. The highest BCUT2D eigenvalue weighted by molar-refractivity contribution is 7.80. The first-order chi connectivity index (χ1) is 8.26. The van der Waals surface area contributed by atoms with E-state index in [0.717, 1.165) is 13.0 Å². The Morgan fingerprint density at radius 2 is 2.00 bits per heavy atom. The zero-order valence-electron chi connectivity index (χ0n) is 10.6. The summed E-state index contributed by atoms with van der Waals surface area (Å²) >= 11 is 5.26. The smallest absolute Gasteiger partial charge is 0.169 e. The molecule has 6 heteroatoms. The molecular weight excluding hydrogens is 238 g/mol. The van der Waals surface area contributed by atoms with E-state index in [1.807, 2.05) is 4.90 Å². The molecule has 0 radical (unpaired) electrons. The summed E-state index contributed by atoms with van der Waals surface area (Å²) in [6, 6.07) is 2.12. The van der Waals surface area contributed by atoms with Crippen LogP contribution in [0.15, 0.2) is 0 Å². The summed E-state index contributed by atoms with van der Waals surface area (Å²) in [5.41, 5.74) is 0. The predicted octanol–water partition coefficient (Wildman–Crippen LogP) is 0.759. The number of thiocarbonyl (C=S) groups is 1. The monoisotopic (exact) mass is 259 g/mol. The molecule has 0 aromatic heterocycles. The van der Waals surface area contributed by atoms with Crippen molar-refractivity contribution in [2.45, 2.75) is 12.8 Å². The van der Waals surface area contributed by atoms with Crippen LogP contribution < -0.4 is 5.32 Å². The van der Waals surface area contributed by atoms with E-state index < -0.39 is 0 Å². The summed E-state index contributed by atoms with van der Waals surface area (Å²) < 4.78 is 9.97. The number of hydrogen-bond acceptors (Lipinski definition) is 4. The van der Waals surface area contributed by atoms with Gasteiger partial charge in [-0.1, -0.05) is 0 Å². The Kier molecular flexibility index (Phi) is 11.0. The Morgan fingerprint density at radius 3 is 2.59 bits per heavy atom. The molecule has 0 atom stereocenters. The zero-order valence-corrected chi connectivity index (χ0v) is 11.4. The van der Waals surface area contributed by atoms with Gasteiger partial charge in [0.15, 0.2) is 5.11 Å². The third kappa shape index (κ3) is 8.86. The molecule has 0 unspecified atom stereocenters. The molecule has 0 heterocycles. The number of nitriles is 1. The van der Waals surface area contributed by atoms with Crippen LogP contribution in [0, 0.1) is 11.3 Å². The number of nitrogens with one attached hydrogen (secondary N) is 1. The molecule has 17 heavy (non-hydrogen) atoms. The van der Waals surface area contributed by atoms with Crippen molar-refractivity contribution >= 4 is 17.3 Å². The first-order valence-electron chi connectivity index (χ1n) is 5.63. The van der Waals surface area contributed by atoms with Gasteiger partial charge in [0.1, 0.15) is 0 Å². The van der Waals surface area contributed by atoms with Crippen molar-refractivity contribution < 1.29 is 9.47 Å². The lowest BCUT2D eigenvalue weighted by Crippen LogP contribution is -2.42. The van der Waals surface area contributed by atoms with Gasteiger partial charge in [-0.25, -0.2) is 0 Å². The topological polar surface area (TPSA) is 57.5 Å². The summed E-state index contributed by atoms with van der Waals surface area (Å²) in [5, 5.41) is 12.4. The minimum absolute atomic E-state index is 0.462. The van der Waals surface area contributed by atoms with Gasteiger partial charge in [-0.3, -0.25) is 0 Å². The largest absolute Gasteiger partial charge is 0.385 e. The van der Waals surface area contributed by atoms with E-state index in [9.17, 15) is 0 Å². The highest BCUT2D eigenvalue weighted by Crippen LogP contribution is 1.94. The van der Waals surface area contributed by atoms with E-state index in [1.54, 1.807) is 14.2 Å². The Hall–Kier alpha value is -0.900. The van der Waals surface area contributed by atoms with Crippen LogP contribution in [0.3, 0.4) is 0 Å². The third-order valence-corrected chi connectivity index (χ3v) is 2.55. The van der Waals surface area contributed by atoms with E-state index >= 15 is 0 Å². The number of nitrogens with zero attached hydrogens (tertiary/aromatic N) is 2. The number of hydrogen-bond donors (Lipinski definition) is 1. The zero-order chi connectivity index (χ0) is 12.9. The molecule has 0 bridgehead atoms. The average Bonchev–Trinajstić information content (AvgIpc) is 2.34. The summed E-state index contributed by atoms with van der Waals surface area (Å²) in [6.45, 7) is 3.43. The summed E-state index contributed by atoms with van der Waals surface area (Å²) in [7, 11) is 3.33. The van der Waals surface area contributed by atoms with E-state index in [1.165, 1.54) is 0 Å². The summed E-state index contributed by atoms with van der Waals surface area (Å²) in [5.74, 6) is 0. The van der Waals surface area contributed by atoms with Gasteiger partial charge in [-0.05, 0) is 18.6 Å². The molecule has 0 spiro atoms. The molecule has 0 aliphatic heterocycles. The fourth-order valence-electron chi connectivity index (χ4n) is 1.22. The molecule has 0 aliphatic rings. The Balaban J connectivity index is 3.90. The minimum Gasteiger partial charge on any atom is -0.385 e. The second-order valence-corrected chi connectivity index (χ2v) is 3.85. The molecule has 98 valence electrons. The van der Waals surface area contributed by atoms with Crippen molar-refractivity contribution in [3.05, 3.63) is 0 Å². The fraction of sp³-hybridized carbons (Fsp3) is 0.818. The molecule has 0 aromatic carbocycles.